The summed E-state index contributed by atoms with van der Waals surface area (Å²) < 4.78 is 17.1. The number of benzene rings is 1. The van der Waals surface area contributed by atoms with Gasteiger partial charge in [0.1, 0.15) is 6.04 Å². The van der Waals surface area contributed by atoms with Crippen molar-refractivity contribution < 1.29 is 23.8 Å². The van der Waals surface area contributed by atoms with Crippen molar-refractivity contribution in [1.29, 1.82) is 0 Å². The summed E-state index contributed by atoms with van der Waals surface area (Å²) in [7, 11) is 4.65. The number of hydrogen-bond acceptors (Lipinski definition) is 10. The topological polar surface area (TPSA) is 153 Å². The number of amides is 2. The lowest BCUT2D eigenvalue weighted by atomic mass is 9.95. The quantitative estimate of drug-likeness (QED) is 0.227. The molecule has 1 aliphatic rings. The van der Waals surface area contributed by atoms with Crippen molar-refractivity contribution in [3.8, 4) is 28.4 Å². The Morgan fingerprint density at radius 3 is 2.36 bits per heavy atom. The first-order valence-corrected chi connectivity index (χ1v) is 14.5. The molecule has 0 bridgehead atoms. The summed E-state index contributed by atoms with van der Waals surface area (Å²) in [4.78, 5) is 47.4. The number of rotatable bonds is 12. The van der Waals surface area contributed by atoms with Crippen LogP contribution in [0.2, 0.25) is 0 Å². The molecule has 0 radical (unpaired) electrons. The fraction of sp³-hybridized carbons (Fsp3) is 0.406. The minimum atomic E-state index is -0.685. The van der Waals surface area contributed by atoms with Gasteiger partial charge in [0, 0.05) is 38.0 Å². The highest BCUT2D eigenvalue weighted by Crippen LogP contribution is 2.50. The highest BCUT2D eigenvalue weighted by Gasteiger charge is 2.30. The maximum absolute atomic E-state index is 13.7. The SMILES string of the molecule is COc1cc2c(c(OC)c1OC)-c1ccc(N[C@H](C(=O)NCCNc3ncccn3)C(C)C)c(=O)cc1[C@@H](NC(C)=O)CC2. The molecule has 44 heavy (non-hydrogen) atoms. The Labute approximate surface area is 256 Å². The maximum atomic E-state index is 13.7. The Balaban J connectivity index is 1.70. The second-order valence-corrected chi connectivity index (χ2v) is 10.8. The third-order valence-corrected chi connectivity index (χ3v) is 7.45. The van der Waals surface area contributed by atoms with E-state index in [1.165, 1.54) is 20.1 Å². The average molecular weight is 605 g/mol. The number of nitrogens with zero attached hydrogens (tertiary/aromatic N) is 2. The third-order valence-electron chi connectivity index (χ3n) is 7.45. The van der Waals surface area contributed by atoms with Crippen LogP contribution in [0.3, 0.4) is 0 Å². The molecule has 1 aromatic heterocycles. The lowest BCUT2D eigenvalue weighted by Crippen LogP contribution is -2.45. The zero-order chi connectivity index (χ0) is 31.8. The first-order valence-electron chi connectivity index (χ1n) is 14.5. The zero-order valence-electron chi connectivity index (χ0n) is 25.9. The second-order valence-electron chi connectivity index (χ2n) is 10.8. The summed E-state index contributed by atoms with van der Waals surface area (Å²) in [5.41, 5.74) is 2.97. The van der Waals surface area contributed by atoms with Crippen LogP contribution in [0.15, 0.2) is 47.5 Å². The predicted molar refractivity (Wildman–Crippen MR) is 168 cm³/mol. The smallest absolute Gasteiger partial charge is 0.242 e. The molecule has 4 N–H and O–H groups in total. The number of aryl methyl sites for hydroxylation is 1. The normalized spacial score (nSPS) is 14.3. The first kappa shape index (κ1) is 32.1. The summed E-state index contributed by atoms with van der Waals surface area (Å²) >= 11 is 0. The van der Waals surface area contributed by atoms with Crippen LogP contribution in [0.1, 0.15) is 44.4 Å². The van der Waals surface area contributed by atoms with E-state index in [2.05, 4.69) is 31.2 Å². The average Bonchev–Trinajstić information content (AvgIpc) is 3.25. The molecular weight excluding hydrogens is 564 g/mol. The standard InChI is InChI=1S/C32H40N6O6/c1-18(2)28(31(41)33-14-15-36-32-34-12-7-13-35-32)38-24-11-9-21-22(17-25(24)40)23(37-19(3)39)10-8-20-16-26(42-4)29(43-5)30(44-6)27(20)21/h7,9,11-13,16-18,23,28H,8,10,14-15H2,1-6H3,(H,33,41)(H,37,39)(H,38,40)(H,34,35,36)/t23-,28-/m0/s1. The lowest BCUT2D eigenvalue weighted by molar-refractivity contribution is -0.122. The van der Waals surface area contributed by atoms with E-state index < -0.39 is 12.1 Å². The van der Waals surface area contributed by atoms with Crippen molar-refractivity contribution in [3.63, 3.8) is 0 Å². The summed E-state index contributed by atoms with van der Waals surface area (Å²) in [5.74, 6) is 1.29. The van der Waals surface area contributed by atoms with Gasteiger partial charge < -0.3 is 35.5 Å². The zero-order valence-corrected chi connectivity index (χ0v) is 25.9. The van der Waals surface area contributed by atoms with Crippen molar-refractivity contribution >= 4 is 23.5 Å². The van der Waals surface area contributed by atoms with E-state index in [-0.39, 0.29) is 28.8 Å². The van der Waals surface area contributed by atoms with Crippen LogP contribution in [-0.2, 0) is 16.0 Å². The van der Waals surface area contributed by atoms with Gasteiger partial charge in [0.25, 0.3) is 0 Å². The van der Waals surface area contributed by atoms with Gasteiger partial charge in [-0.05, 0) is 59.7 Å². The molecule has 4 rings (SSSR count). The predicted octanol–water partition coefficient (Wildman–Crippen LogP) is 3.32. The fourth-order valence-corrected chi connectivity index (χ4v) is 5.39. The minimum absolute atomic E-state index is 0.132. The highest BCUT2D eigenvalue weighted by molar-refractivity contribution is 5.86. The summed E-state index contributed by atoms with van der Waals surface area (Å²) in [6, 6.07) is 7.53. The van der Waals surface area contributed by atoms with Crippen LogP contribution < -0.4 is 40.9 Å². The van der Waals surface area contributed by atoms with Gasteiger partial charge in [-0.3, -0.25) is 14.4 Å². The molecule has 0 saturated carbocycles. The molecule has 12 heteroatoms. The van der Waals surface area contributed by atoms with E-state index in [9.17, 15) is 14.4 Å². The van der Waals surface area contributed by atoms with Gasteiger partial charge in [0.2, 0.25) is 28.9 Å². The van der Waals surface area contributed by atoms with Crippen LogP contribution in [0.4, 0.5) is 11.6 Å². The van der Waals surface area contributed by atoms with Gasteiger partial charge in [-0.2, -0.15) is 0 Å². The van der Waals surface area contributed by atoms with E-state index in [4.69, 9.17) is 14.2 Å². The summed E-state index contributed by atoms with van der Waals surface area (Å²) in [6.07, 6.45) is 4.40. The molecular formula is C32H40N6O6. The van der Waals surface area contributed by atoms with Crippen LogP contribution >= 0.6 is 0 Å². The van der Waals surface area contributed by atoms with Crippen LogP contribution in [-0.4, -0.2) is 62.2 Å². The Kier molecular flexibility index (Phi) is 10.6. The number of ether oxygens (including phenoxy) is 3. The van der Waals surface area contributed by atoms with Crippen LogP contribution in [0.5, 0.6) is 17.2 Å². The number of nitrogens with one attached hydrogen (secondary N) is 4. The molecule has 0 fully saturated rings. The van der Waals surface area contributed by atoms with Crippen molar-refractivity contribution in [3.05, 3.63) is 64.1 Å². The van der Waals surface area contributed by atoms with Crippen LogP contribution in [0, 0.1) is 5.92 Å². The minimum Gasteiger partial charge on any atom is -0.493 e. The molecule has 0 aliphatic heterocycles. The van der Waals surface area contributed by atoms with Crippen molar-refractivity contribution in [1.82, 2.24) is 20.6 Å². The first-order chi connectivity index (χ1) is 21.2. The lowest BCUT2D eigenvalue weighted by Gasteiger charge is -2.22. The van der Waals surface area contributed by atoms with Crippen molar-refractivity contribution in [2.24, 2.45) is 5.92 Å². The summed E-state index contributed by atoms with van der Waals surface area (Å²) in [6.45, 7) is 6.03. The number of carbonyl (C=O) groups is 2. The number of fused-ring (bicyclic) bond motifs is 3. The molecule has 3 aromatic rings. The largest absolute Gasteiger partial charge is 0.493 e. The molecule has 2 amide bonds. The van der Waals surface area contributed by atoms with E-state index in [0.29, 0.717) is 60.3 Å². The summed E-state index contributed by atoms with van der Waals surface area (Å²) in [5, 5.41) is 12.2. The van der Waals surface area contributed by atoms with Crippen molar-refractivity contribution in [2.45, 2.75) is 45.7 Å². The fourth-order valence-electron chi connectivity index (χ4n) is 5.39. The number of aromatic nitrogens is 2. The number of carbonyl (C=O) groups excluding carboxylic acids is 2. The Bertz CT molecular complexity index is 1550. The maximum Gasteiger partial charge on any atom is 0.242 e. The van der Waals surface area contributed by atoms with E-state index >= 15 is 0 Å². The molecule has 0 unspecified atom stereocenters. The van der Waals surface area contributed by atoms with Gasteiger partial charge >= 0.3 is 0 Å². The number of hydrogen-bond donors (Lipinski definition) is 4. The Morgan fingerprint density at radius 2 is 1.73 bits per heavy atom. The molecule has 2 atom stereocenters. The number of anilines is 2. The van der Waals surface area contributed by atoms with Crippen molar-refractivity contribution in [2.75, 3.05) is 45.1 Å². The van der Waals surface area contributed by atoms with Gasteiger partial charge in [-0.1, -0.05) is 19.9 Å². The van der Waals surface area contributed by atoms with Crippen LogP contribution in [0.25, 0.3) is 11.1 Å². The van der Waals surface area contributed by atoms with Gasteiger partial charge in [-0.15, -0.1) is 0 Å². The molecule has 234 valence electrons. The van der Waals surface area contributed by atoms with Gasteiger partial charge in [0.05, 0.1) is 33.1 Å². The molecule has 12 nitrogen and oxygen atoms in total. The Morgan fingerprint density at radius 1 is 1.00 bits per heavy atom. The van der Waals surface area contributed by atoms with E-state index in [0.717, 1.165) is 11.1 Å². The molecule has 0 spiro atoms. The number of methoxy groups -OCH3 is 3. The molecule has 0 saturated heterocycles. The van der Waals surface area contributed by atoms with E-state index in [1.54, 1.807) is 38.7 Å². The third kappa shape index (κ3) is 7.19. The Hall–Kier alpha value is -4.87. The van der Waals surface area contributed by atoms with Gasteiger partial charge in [-0.25, -0.2) is 9.97 Å². The second kappa shape index (κ2) is 14.5. The molecule has 2 aromatic carbocycles. The van der Waals surface area contributed by atoms with Gasteiger partial charge in [0.15, 0.2) is 11.5 Å². The highest BCUT2D eigenvalue weighted by atomic mass is 16.5. The molecule has 1 heterocycles. The van der Waals surface area contributed by atoms with E-state index in [1.807, 2.05) is 26.0 Å². The molecule has 1 aliphatic carbocycles. The monoisotopic (exact) mass is 604 g/mol.